The van der Waals surface area contributed by atoms with E-state index in [0.717, 1.165) is 98.0 Å². The van der Waals surface area contributed by atoms with Gasteiger partial charge in [0.2, 0.25) is 0 Å². The zero-order chi connectivity index (χ0) is 49.4. The van der Waals surface area contributed by atoms with Gasteiger partial charge in [0.25, 0.3) is 12.6 Å². The van der Waals surface area contributed by atoms with E-state index in [2.05, 4.69) is 13.2 Å². The van der Waals surface area contributed by atoms with Crippen LogP contribution in [0, 0.1) is 0 Å². The normalized spacial score (nSPS) is 14.2. The van der Waals surface area contributed by atoms with Crippen molar-refractivity contribution in [3.8, 4) is 33.8 Å². The minimum absolute atomic E-state index is 0.173. The Morgan fingerprint density at radius 2 is 0.671 bits per heavy atom. The molecule has 4 aromatic carbocycles. The molecule has 1 aliphatic heterocycles. The highest BCUT2D eigenvalue weighted by Crippen LogP contribution is 2.26. The van der Waals surface area contributed by atoms with E-state index in [0.29, 0.717) is 37.6 Å². The average molecular weight is 961 g/mol. The number of carbonyl (C=O) groups excluding carboxylic acids is 4. The maximum atomic E-state index is 13.2. The SMILES string of the molecule is C=CC(=O)OCCCCCCCCCCCOc1ccc(-c2ccc(C(=O)O[C@H]3OCCO[C@@H]3OC(=O)c3ccc(-c4ccc(OCCCCCCCCCCCOC(=O)C=C)cc4)cc3)cc2)cc1. The lowest BCUT2D eigenvalue weighted by Crippen LogP contribution is -2.44. The number of carbonyl (C=O) groups is 4. The first-order valence-corrected chi connectivity index (χ1v) is 25.2. The summed E-state index contributed by atoms with van der Waals surface area (Å²) < 4.78 is 44.6. The van der Waals surface area contributed by atoms with Crippen LogP contribution in [0.5, 0.6) is 11.5 Å². The van der Waals surface area contributed by atoms with Crippen molar-refractivity contribution in [1.82, 2.24) is 0 Å². The summed E-state index contributed by atoms with van der Waals surface area (Å²) >= 11 is 0. The zero-order valence-corrected chi connectivity index (χ0v) is 40.8. The summed E-state index contributed by atoms with van der Waals surface area (Å²) in [5.74, 6) is -0.342. The predicted molar refractivity (Wildman–Crippen MR) is 270 cm³/mol. The molecule has 12 nitrogen and oxygen atoms in total. The second-order valence-corrected chi connectivity index (χ2v) is 17.3. The Kier molecular flexibility index (Phi) is 25.4. The van der Waals surface area contributed by atoms with E-state index in [-0.39, 0.29) is 25.2 Å². The second kappa shape index (κ2) is 32.5. The standard InChI is InChI=1S/C58H72O12/c1-3-53(59)65-41-21-17-13-9-5-7-11-15-19-39-63-51-35-31-47(32-36-51)45-23-27-49(28-24-45)55(61)69-57-58(68-44-43-67-57)70-56(62)50-29-25-46(26-30-50)48-33-37-52(38-34-48)64-40-20-16-12-8-6-10-14-18-22-42-66-54(60)4-2/h3-4,23-38,57-58H,1-2,5-22,39-44H2/t57-,58-/m1/s1. The first kappa shape index (κ1) is 54.7. The third-order valence-electron chi connectivity index (χ3n) is 11.9. The smallest absolute Gasteiger partial charge is 0.340 e. The molecule has 1 aliphatic rings. The fourth-order valence-electron chi connectivity index (χ4n) is 7.82. The third-order valence-corrected chi connectivity index (χ3v) is 11.9. The van der Waals surface area contributed by atoms with Gasteiger partial charge in [-0.1, -0.05) is 152 Å². The molecule has 0 bridgehead atoms. The lowest BCUT2D eigenvalue weighted by molar-refractivity contribution is -0.288. The van der Waals surface area contributed by atoms with Crippen molar-refractivity contribution >= 4 is 23.9 Å². The third kappa shape index (κ3) is 20.8. The summed E-state index contributed by atoms with van der Waals surface area (Å²) in [6.45, 7) is 9.43. The minimum atomic E-state index is -1.24. The lowest BCUT2D eigenvalue weighted by Gasteiger charge is -2.30. The largest absolute Gasteiger partial charge is 0.494 e. The van der Waals surface area contributed by atoms with Crippen LogP contribution in [0.2, 0.25) is 0 Å². The van der Waals surface area contributed by atoms with Crippen LogP contribution in [0.3, 0.4) is 0 Å². The molecule has 2 atom stereocenters. The molecule has 1 heterocycles. The quantitative estimate of drug-likeness (QED) is 0.0190. The van der Waals surface area contributed by atoms with E-state index < -0.39 is 24.5 Å². The molecule has 0 spiro atoms. The van der Waals surface area contributed by atoms with Crippen LogP contribution >= 0.6 is 0 Å². The maximum Gasteiger partial charge on any atom is 0.340 e. The molecule has 12 heteroatoms. The molecule has 1 fully saturated rings. The van der Waals surface area contributed by atoms with Crippen molar-refractivity contribution in [1.29, 1.82) is 0 Å². The van der Waals surface area contributed by atoms with Gasteiger partial charge in [-0.3, -0.25) is 0 Å². The van der Waals surface area contributed by atoms with E-state index in [1.54, 1.807) is 24.3 Å². The van der Waals surface area contributed by atoms with Crippen molar-refractivity contribution < 1.29 is 57.1 Å². The summed E-state index contributed by atoms with van der Waals surface area (Å²) in [5, 5.41) is 0. The topological polar surface area (TPSA) is 142 Å². The summed E-state index contributed by atoms with van der Waals surface area (Å²) in [6, 6.07) is 29.9. The van der Waals surface area contributed by atoms with Crippen molar-refractivity contribution in [2.75, 3.05) is 39.6 Å². The molecule has 0 N–H and O–H groups in total. The number of esters is 4. The van der Waals surface area contributed by atoms with Crippen LogP contribution in [-0.2, 0) is 38.0 Å². The predicted octanol–water partition coefficient (Wildman–Crippen LogP) is 13.0. The molecule has 0 aromatic heterocycles. The van der Waals surface area contributed by atoms with Gasteiger partial charge in [0, 0.05) is 12.2 Å². The summed E-state index contributed by atoms with van der Waals surface area (Å²) in [6.07, 6.45) is 20.1. The van der Waals surface area contributed by atoms with Crippen molar-refractivity contribution in [3.05, 3.63) is 133 Å². The number of benzene rings is 4. The van der Waals surface area contributed by atoms with E-state index in [4.69, 9.17) is 37.9 Å². The lowest BCUT2D eigenvalue weighted by atomic mass is 10.0. The van der Waals surface area contributed by atoms with E-state index in [1.165, 1.54) is 63.5 Å². The van der Waals surface area contributed by atoms with Crippen LogP contribution < -0.4 is 9.47 Å². The van der Waals surface area contributed by atoms with E-state index in [1.807, 2.05) is 72.8 Å². The molecule has 376 valence electrons. The van der Waals surface area contributed by atoms with Gasteiger partial charge in [-0.25, -0.2) is 19.2 Å². The highest BCUT2D eigenvalue weighted by molar-refractivity contribution is 5.91. The number of unbranched alkanes of at least 4 members (excludes halogenated alkanes) is 16. The fraction of sp³-hybridized carbons (Fsp3) is 0.448. The summed E-state index contributed by atoms with van der Waals surface area (Å²) in [4.78, 5) is 48.5. The van der Waals surface area contributed by atoms with Gasteiger partial charge in [0.1, 0.15) is 11.5 Å². The van der Waals surface area contributed by atoms with Crippen LogP contribution in [0.25, 0.3) is 22.3 Å². The summed E-state index contributed by atoms with van der Waals surface area (Å²) in [5.41, 5.74) is 4.45. The van der Waals surface area contributed by atoms with Gasteiger partial charge in [-0.2, -0.15) is 0 Å². The van der Waals surface area contributed by atoms with Gasteiger partial charge in [0.05, 0.1) is 50.8 Å². The molecule has 5 rings (SSSR count). The maximum absolute atomic E-state index is 13.2. The molecule has 0 unspecified atom stereocenters. The van der Waals surface area contributed by atoms with Crippen LogP contribution in [0.1, 0.15) is 136 Å². The van der Waals surface area contributed by atoms with Crippen LogP contribution in [0.4, 0.5) is 0 Å². The highest BCUT2D eigenvalue weighted by atomic mass is 16.8. The van der Waals surface area contributed by atoms with Gasteiger partial charge in [-0.05, 0) is 96.5 Å². The first-order chi connectivity index (χ1) is 34.3. The first-order valence-electron chi connectivity index (χ1n) is 25.2. The summed E-state index contributed by atoms with van der Waals surface area (Å²) in [7, 11) is 0. The Morgan fingerprint density at radius 3 is 0.971 bits per heavy atom. The van der Waals surface area contributed by atoms with Crippen LogP contribution in [0.15, 0.2) is 122 Å². The van der Waals surface area contributed by atoms with Crippen molar-refractivity contribution in [2.24, 2.45) is 0 Å². The minimum Gasteiger partial charge on any atom is -0.494 e. The molecule has 0 radical (unpaired) electrons. The Hall–Kier alpha value is -6.24. The number of rotatable bonds is 34. The van der Waals surface area contributed by atoms with E-state index >= 15 is 0 Å². The van der Waals surface area contributed by atoms with Gasteiger partial charge in [0.15, 0.2) is 0 Å². The Bertz CT molecular complexity index is 1990. The monoisotopic (exact) mass is 961 g/mol. The van der Waals surface area contributed by atoms with Crippen molar-refractivity contribution in [3.63, 3.8) is 0 Å². The molecule has 1 saturated heterocycles. The number of hydrogen-bond donors (Lipinski definition) is 0. The second-order valence-electron chi connectivity index (χ2n) is 17.3. The number of ether oxygens (including phenoxy) is 8. The molecular formula is C58H72O12. The molecule has 0 amide bonds. The van der Waals surface area contributed by atoms with Crippen LogP contribution in [-0.4, -0.2) is 76.1 Å². The van der Waals surface area contributed by atoms with Gasteiger partial charge < -0.3 is 37.9 Å². The Morgan fingerprint density at radius 1 is 0.400 bits per heavy atom. The molecule has 70 heavy (non-hydrogen) atoms. The Labute approximate surface area is 414 Å². The van der Waals surface area contributed by atoms with Gasteiger partial charge >= 0.3 is 23.9 Å². The average Bonchev–Trinajstić information content (AvgIpc) is 3.39. The molecular weight excluding hydrogens is 889 g/mol. The zero-order valence-electron chi connectivity index (χ0n) is 40.8. The van der Waals surface area contributed by atoms with E-state index in [9.17, 15) is 19.2 Å². The van der Waals surface area contributed by atoms with Crippen molar-refractivity contribution in [2.45, 2.75) is 128 Å². The Balaban J connectivity index is 0.941. The molecule has 0 aliphatic carbocycles. The molecule has 4 aromatic rings. The highest BCUT2D eigenvalue weighted by Gasteiger charge is 2.34. The van der Waals surface area contributed by atoms with Gasteiger partial charge in [-0.15, -0.1) is 0 Å². The fourth-order valence-corrected chi connectivity index (χ4v) is 7.82. The number of hydrogen-bond acceptors (Lipinski definition) is 12. The molecule has 0 saturated carbocycles.